The van der Waals surface area contributed by atoms with Gasteiger partial charge in [0.1, 0.15) is 24.0 Å². The maximum atomic E-state index is 7.13. The van der Waals surface area contributed by atoms with Crippen molar-refractivity contribution in [1.82, 2.24) is 18.7 Å². The van der Waals surface area contributed by atoms with Crippen LogP contribution in [0.15, 0.2) is 291 Å². The molecule has 4 aromatic heterocycles. The zero-order chi connectivity index (χ0) is 55.7. The maximum absolute atomic E-state index is 7.13. The standard InChI is InChI=1S/C78H50N6O/c1-3-20-50(21-4-1)56-31-18-32-57(51-22-5-2-6-23-51)77(56)81-49-80(69-38-15-16-39-70(69)81)52-24-17-25-54(46-52)85-55-40-41-65-73(48-55)83(74-47-53(44-45-79-74)82-66-35-12-9-27-59(66)60-28-10-13-36-67(60)82)71-42-43-72-75(76(65)71)62-30-8-7-26-58(62)63-33-19-34-64-61-29-11-14-37-68(61)84(72)78(63)64/h1-48H,49H2. The molecule has 6 heterocycles. The minimum atomic E-state index is 0.599. The number of pyridine rings is 1. The van der Waals surface area contributed by atoms with Crippen LogP contribution in [-0.2, 0) is 0 Å². The van der Waals surface area contributed by atoms with Crippen LogP contribution >= 0.6 is 0 Å². The lowest BCUT2D eigenvalue weighted by atomic mass is 9.91. The van der Waals surface area contributed by atoms with Crippen LogP contribution in [0.25, 0.3) is 127 Å². The van der Waals surface area contributed by atoms with Crippen LogP contribution in [-0.4, -0.2) is 25.4 Å². The van der Waals surface area contributed by atoms with Crippen molar-refractivity contribution in [2.24, 2.45) is 0 Å². The Morgan fingerprint density at radius 1 is 0.318 bits per heavy atom. The summed E-state index contributed by atoms with van der Waals surface area (Å²) in [6, 6.07) is 103. The molecular weight excluding hydrogens is 1040 g/mol. The summed E-state index contributed by atoms with van der Waals surface area (Å²) in [4.78, 5) is 10.2. The summed E-state index contributed by atoms with van der Waals surface area (Å²) in [5.74, 6) is 2.26. The van der Waals surface area contributed by atoms with Crippen LogP contribution < -0.4 is 14.5 Å². The molecule has 0 saturated carbocycles. The lowest BCUT2D eigenvalue weighted by Crippen LogP contribution is -2.24. The van der Waals surface area contributed by atoms with Crippen molar-refractivity contribution in [2.75, 3.05) is 16.5 Å². The Bertz CT molecular complexity index is 5290. The lowest BCUT2D eigenvalue weighted by Gasteiger charge is -2.27. The van der Waals surface area contributed by atoms with E-state index in [1.54, 1.807) is 0 Å². The molecule has 0 spiro atoms. The summed E-state index contributed by atoms with van der Waals surface area (Å²) in [6.07, 6.45) is 1.95. The van der Waals surface area contributed by atoms with E-state index in [1.165, 1.54) is 82.8 Å². The minimum absolute atomic E-state index is 0.599. The first-order valence-electron chi connectivity index (χ1n) is 29.0. The number of hydrogen-bond acceptors (Lipinski definition) is 4. The third-order valence-electron chi connectivity index (χ3n) is 17.7. The fourth-order valence-electron chi connectivity index (χ4n) is 14.2. The van der Waals surface area contributed by atoms with E-state index in [9.17, 15) is 0 Å². The van der Waals surface area contributed by atoms with Gasteiger partial charge in [0, 0.05) is 84.7 Å². The van der Waals surface area contributed by atoms with Crippen LogP contribution in [0, 0.1) is 0 Å². The number of aromatic nitrogens is 4. The summed E-state index contributed by atoms with van der Waals surface area (Å²) in [5.41, 5.74) is 22.8. The number of ether oxygens (including phenoxy) is 1. The molecule has 2 aliphatic rings. The normalized spacial score (nSPS) is 12.6. The smallest absolute Gasteiger partial charge is 0.139 e. The Balaban J connectivity index is 0.809. The van der Waals surface area contributed by atoms with Gasteiger partial charge in [0.25, 0.3) is 0 Å². The SMILES string of the molecule is c1ccc(-c2cccc(-c3ccccc3)c2N2CN(c3cccc(Oc4ccc5c6c7c(ccc6n(-c6cc(-n8c9ccccc9c9ccccc98)ccn6)c5c4)-n4c5ccccc5c5cccc(c54)-c4ccccc4-7)c3)c3ccccc32)cc1. The molecule has 7 heteroatoms. The Morgan fingerprint density at radius 2 is 0.882 bits per heavy atom. The molecule has 7 nitrogen and oxygen atoms in total. The number of rotatable bonds is 8. The molecule has 18 rings (SSSR count). The van der Waals surface area contributed by atoms with Crippen LogP contribution in [0.3, 0.4) is 0 Å². The second-order valence-electron chi connectivity index (χ2n) is 22.2. The number of fused-ring (bicyclic) bond motifs is 16. The van der Waals surface area contributed by atoms with Gasteiger partial charge in [-0.05, 0) is 95.1 Å². The summed E-state index contributed by atoms with van der Waals surface area (Å²) in [6.45, 7) is 0.599. The molecule has 0 atom stereocenters. The maximum Gasteiger partial charge on any atom is 0.139 e. The molecule has 0 amide bonds. The zero-order valence-corrected chi connectivity index (χ0v) is 46.0. The van der Waals surface area contributed by atoms with Gasteiger partial charge >= 0.3 is 0 Å². The van der Waals surface area contributed by atoms with E-state index in [1.807, 2.05) is 6.20 Å². The quantitative estimate of drug-likeness (QED) is 0.152. The highest BCUT2D eigenvalue weighted by atomic mass is 16.5. The monoisotopic (exact) mass is 1090 g/mol. The Hall–Kier alpha value is -11.4. The molecule has 0 N–H and O–H groups in total. The van der Waals surface area contributed by atoms with E-state index in [4.69, 9.17) is 9.72 Å². The molecule has 0 bridgehead atoms. The lowest BCUT2D eigenvalue weighted by molar-refractivity contribution is 0.483. The first-order valence-corrected chi connectivity index (χ1v) is 29.0. The van der Waals surface area contributed by atoms with Crippen molar-refractivity contribution in [3.8, 4) is 73.2 Å². The van der Waals surface area contributed by atoms with Crippen molar-refractivity contribution in [1.29, 1.82) is 0 Å². The van der Waals surface area contributed by atoms with Gasteiger partial charge in [-0.3, -0.25) is 4.57 Å². The van der Waals surface area contributed by atoms with Gasteiger partial charge < -0.3 is 23.7 Å². The molecule has 398 valence electrons. The van der Waals surface area contributed by atoms with Gasteiger partial charge in [0.05, 0.1) is 61.5 Å². The minimum Gasteiger partial charge on any atom is -0.457 e. The van der Waals surface area contributed by atoms with Gasteiger partial charge in [-0.15, -0.1) is 0 Å². The number of benzene rings is 12. The van der Waals surface area contributed by atoms with Crippen molar-refractivity contribution in [3.05, 3.63) is 291 Å². The van der Waals surface area contributed by atoms with E-state index in [0.717, 1.165) is 78.6 Å². The number of hydrogen-bond donors (Lipinski definition) is 0. The molecule has 0 fully saturated rings. The van der Waals surface area contributed by atoms with Crippen LogP contribution in [0.5, 0.6) is 11.5 Å². The third kappa shape index (κ3) is 7.11. The highest BCUT2D eigenvalue weighted by Gasteiger charge is 2.33. The molecule has 12 aromatic carbocycles. The molecule has 0 unspecified atom stereocenters. The average molecular weight is 1090 g/mol. The Morgan fingerprint density at radius 3 is 1.61 bits per heavy atom. The van der Waals surface area contributed by atoms with E-state index in [-0.39, 0.29) is 0 Å². The van der Waals surface area contributed by atoms with Crippen molar-refractivity contribution in [3.63, 3.8) is 0 Å². The molecule has 16 aromatic rings. The molecule has 0 aliphatic carbocycles. The van der Waals surface area contributed by atoms with E-state index in [0.29, 0.717) is 6.67 Å². The fourth-order valence-corrected chi connectivity index (χ4v) is 14.2. The largest absolute Gasteiger partial charge is 0.457 e. The Labute approximate surface area is 489 Å². The Kier molecular flexibility index (Phi) is 10.3. The summed E-state index contributed by atoms with van der Waals surface area (Å²) in [7, 11) is 0. The topological polar surface area (TPSA) is 43.4 Å². The van der Waals surface area contributed by atoms with Crippen molar-refractivity contribution >= 4 is 88.2 Å². The number of para-hydroxylation sites is 7. The van der Waals surface area contributed by atoms with Crippen molar-refractivity contribution in [2.45, 2.75) is 0 Å². The van der Waals surface area contributed by atoms with E-state index in [2.05, 4.69) is 309 Å². The van der Waals surface area contributed by atoms with Gasteiger partial charge in [0.2, 0.25) is 0 Å². The molecule has 2 aliphatic heterocycles. The highest BCUT2D eigenvalue weighted by molar-refractivity contribution is 6.23. The van der Waals surface area contributed by atoms with E-state index >= 15 is 0 Å². The molecule has 0 radical (unpaired) electrons. The predicted molar refractivity (Wildman–Crippen MR) is 351 cm³/mol. The summed E-state index contributed by atoms with van der Waals surface area (Å²) < 4.78 is 14.4. The highest BCUT2D eigenvalue weighted by Crippen LogP contribution is 2.53. The van der Waals surface area contributed by atoms with Gasteiger partial charge in [0.15, 0.2) is 0 Å². The van der Waals surface area contributed by atoms with Crippen LogP contribution in [0.2, 0.25) is 0 Å². The average Bonchev–Trinajstić information content (AvgIpc) is 2.93. The van der Waals surface area contributed by atoms with Gasteiger partial charge in [-0.2, -0.15) is 0 Å². The van der Waals surface area contributed by atoms with Gasteiger partial charge in [-0.25, -0.2) is 4.98 Å². The third-order valence-corrected chi connectivity index (χ3v) is 17.7. The molecule has 85 heavy (non-hydrogen) atoms. The fraction of sp³-hybridized carbons (Fsp3) is 0.0128. The second-order valence-corrected chi connectivity index (χ2v) is 22.2. The summed E-state index contributed by atoms with van der Waals surface area (Å²) in [5, 5.41) is 7.16. The number of anilines is 4. The van der Waals surface area contributed by atoms with E-state index < -0.39 is 0 Å². The van der Waals surface area contributed by atoms with Gasteiger partial charge in [-0.1, -0.05) is 194 Å². The second kappa shape index (κ2) is 18.6. The van der Waals surface area contributed by atoms with Crippen LogP contribution in [0.1, 0.15) is 0 Å². The van der Waals surface area contributed by atoms with Crippen LogP contribution in [0.4, 0.5) is 22.7 Å². The first-order chi connectivity index (χ1) is 42.2. The molecule has 0 saturated heterocycles. The molecular formula is C78H50N6O. The number of nitrogens with zero attached hydrogens (tertiary/aromatic N) is 6. The predicted octanol–water partition coefficient (Wildman–Crippen LogP) is 20.4. The summed E-state index contributed by atoms with van der Waals surface area (Å²) >= 11 is 0. The first kappa shape index (κ1) is 47.3. The van der Waals surface area contributed by atoms with Crippen molar-refractivity contribution < 1.29 is 4.74 Å². The zero-order valence-electron chi connectivity index (χ0n) is 46.0.